The number of hydrogen-bond acceptors (Lipinski definition) is 6. The van der Waals surface area contributed by atoms with Gasteiger partial charge < -0.3 is 14.2 Å². The second-order valence-electron chi connectivity index (χ2n) is 3.21. The Kier molecular flexibility index (Phi) is 4.45. The standard InChI is InChI=1S/C11H13NO5/c1-7(13)17-6-8-4-10(15-2)11(16-3)5-9(8)12-14/h4-5H,6H2,1-3H3. The lowest BCUT2D eigenvalue weighted by atomic mass is 10.1. The summed E-state index contributed by atoms with van der Waals surface area (Å²) in [7, 11) is 2.93. The minimum atomic E-state index is -0.434. The SMILES string of the molecule is COc1cc(COC(C)=O)c(N=O)cc1OC. The molecule has 1 aromatic carbocycles. The number of rotatable bonds is 5. The van der Waals surface area contributed by atoms with E-state index in [4.69, 9.17) is 14.2 Å². The molecule has 0 amide bonds. The van der Waals surface area contributed by atoms with E-state index < -0.39 is 5.97 Å². The predicted octanol–water partition coefficient (Wildman–Crippen LogP) is 2.16. The second-order valence-corrected chi connectivity index (χ2v) is 3.21. The quantitative estimate of drug-likeness (QED) is 0.581. The van der Waals surface area contributed by atoms with Gasteiger partial charge in [-0.05, 0) is 11.2 Å². The highest BCUT2D eigenvalue weighted by Crippen LogP contribution is 2.35. The minimum Gasteiger partial charge on any atom is -0.493 e. The van der Waals surface area contributed by atoms with Crippen LogP contribution in [-0.2, 0) is 16.1 Å². The maximum atomic E-state index is 10.7. The molecule has 0 aliphatic heterocycles. The highest BCUT2D eigenvalue weighted by atomic mass is 16.5. The molecule has 1 rings (SSSR count). The van der Waals surface area contributed by atoms with Crippen LogP contribution in [0.2, 0.25) is 0 Å². The lowest BCUT2D eigenvalue weighted by Gasteiger charge is -2.11. The van der Waals surface area contributed by atoms with Gasteiger partial charge in [-0.25, -0.2) is 0 Å². The number of carbonyl (C=O) groups is 1. The van der Waals surface area contributed by atoms with Crippen molar-refractivity contribution in [1.29, 1.82) is 0 Å². The molecule has 0 fully saturated rings. The first kappa shape index (κ1) is 13.0. The topological polar surface area (TPSA) is 74.2 Å². The number of benzene rings is 1. The van der Waals surface area contributed by atoms with Crippen LogP contribution < -0.4 is 9.47 Å². The zero-order valence-electron chi connectivity index (χ0n) is 9.85. The van der Waals surface area contributed by atoms with Crippen molar-refractivity contribution >= 4 is 11.7 Å². The van der Waals surface area contributed by atoms with E-state index in [1.807, 2.05) is 0 Å². The molecule has 0 saturated heterocycles. The van der Waals surface area contributed by atoms with Crippen molar-refractivity contribution in [3.63, 3.8) is 0 Å². The van der Waals surface area contributed by atoms with Crippen molar-refractivity contribution in [3.05, 3.63) is 22.6 Å². The summed E-state index contributed by atoms with van der Waals surface area (Å²) in [5, 5.41) is 2.86. The van der Waals surface area contributed by atoms with E-state index in [1.165, 1.54) is 27.2 Å². The van der Waals surface area contributed by atoms with Gasteiger partial charge in [0.05, 0.1) is 14.2 Å². The van der Waals surface area contributed by atoms with E-state index in [1.54, 1.807) is 6.07 Å². The van der Waals surface area contributed by atoms with Crippen molar-refractivity contribution in [3.8, 4) is 11.5 Å². The Balaban J connectivity index is 3.09. The van der Waals surface area contributed by atoms with Gasteiger partial charge in [0.1, 0.15) is 12.3 Å². The molecule has 0 atom stereocenters. The van der Waals surface area contributed by atoms with Gasteiger partial charge in [0.25, 0.3) is 0 Å². The van der Waals surface area contributed by atoms with E-state index >= 15 is 0 Å². The molecule has 0 heterocycles. The third kappa shape index (κ3) is 3.17. The fourth-order valence-electron chi connectivity index (χ4n) is 1.29. The lowest BCUT2D eigenvalue weighted by molar-refractivity contribution is -0.142. The van der Waals surface area contributed by atoms with Gasteiger partial charge in [-0.3, -0.25) is 4.79 Å². The zero-order valence-corrected chi connectivity index (χ0v) is 9.85. The van der Waals surface area contributed by atoms with Crippen LogP contribution in [0.5, 0.6) is 11.5 Å². The molecule has 92 valence electrons. The fourth-order valence-corrected chi connectivity index (χ4v) is 1.29. The summed E-state index contributed by atoms with van der Waals surface area (Å²) in [5.74, 6) is 0.410. The number of methoxy groups -OCH3 is 2. The Morgan fingerprint density at radius 2 is 1.82 bits per heavy atom. The Hall–Kier alpha value is -2.11. The van der Waals surface area contributed by atoms with Crippen LogP contribution in [0, 0.1) is 4.91 Å². The van der Waals surface area contributed by atoms with Crippen LogP contribution in [-0.4, -0.2) is 20.2 Å². The van der Waals surface area contributed by atoms with E-state index in [0.717, 1.165) is 0 Å². The van der Waals surface area contributed by atoms with Crippen molar-refractivity contribution in [2.24, 2.45) is 5.18 Å². The number of nitroso groups, excluding NO2 is 1. The van der Waals surface area contributed by atoms with Gasteiger partial charge in [-0.2, -0.15) is 0 Å². The number of esters is 1. The smallest absolute Gasteiger partial charge is 0.302 e. The van der Waals surface area contributed by atoms with Crippen molar-refractivity contribution < 1.29 is 19.0 Å². The van der Waals surface area contributed by atoms with E-state index in [0.29, 0.717) is 17.1 Å². The highest BCUT2D eigenvalue weighted by molar-refractivity contribution is 5.66. The van der Waals surface area contributed by atoms with Crippen LogP contribution in [0.3, 0.4) is 0 Å². The maximum Gasteiger partial charge on any atom is 0.302 e. The van der Waals surface area contributed by atoms with E-state index in [2.05, 4.69) is 5.18 Å². The van der Waals surface area contributed by atoms with Gasteiger partial charge in [0.15, 0.2) is 11.5 Å². The molecule has 17 heavy (non-hydrogen) atoms. The summed E-state index contributed by atoms with van der Waals surface area (Å²) in [6, 6.07) is 2.99. The first-order valence-corrected chi connectivity index (χ1v) is 4.84. The van der Waals surface area contributed by atoms with Crippen LogP contribution in [0.1, 0.15) is 12.5 Å². The normalized spacial score (nSPS) is 9.59. The van der Waals surface area contributed by atoms with Crippen LogP contribution in [0.25, 0.3) is 0 Å². The summed E-state index contributed by atoms with van der Waals surface area (Å²) in [6.45, 7) is 1.26. The van der Waals surface area contributed by atoms with Crippen LogP contribution in [0.4, 0.5) is 5.69 Å². The minimum absolute atomic E-state index is 0.0310. The largest absolute Gasteiger partial charge is 0.493 e. The molecule has 6 heteroatoms. The van der Waals surface area contributed by atoms with Crippen molar-refractivity contribution in [1.82, 2.24) is 0 Å². The summed E-state index contributed by atoms with van der Waals surface area (Å²) in [4.78, 5) is 21.4. The first-order valence-electron chi connectivity index (χ1n) is 4.84. The Labute approximate surface area is 98.5 Å². The maximum absolute atomic E-state index is 10.7. The van der Waals surface area contributed by atoms with Crippen molar-refractivity contribution in [2.75, 3.05) is 14.2 Å². The van der Waals surface area contributed by atoms with E-state index in [9.17, 15) is 9.70 Å². The predicted molar refractivity (Wildman–Crippen MR) is 60.5 cm³/mol. The summed E-state index contributed by atoms with van der Waals surface area (Å²) >= 11 is 0. The van der Waals surface area contributed by atoms with Gasteiger partial charge in [0.2, 0.25) is 0 Å². The first-order chi connectivity index (χ1) is 8.12. The van der Waals surface area contributed by atoms with Crippen LogP contribution >= 0.6 is 0 Å². The Morgan fingerprint density at radius 3 is 2.29 bits per heavy atom. The summed E-state index contributed by atoms with van der Waals surface area (Å²) < 4.78 is 14.9. The number of nitrogens with zero attached hydrogens (tertiary/aromatic N) is 1. The molecule has 0 aromatic heterocycles. The number of carbonyl (C=O) groups excluding carboxylic acids is 1. The average molecular weight is 239 g/mol. The molecule has 0 N–H and O–H groups in total. The van der Waals surface area contributed by atoms with Gasteiger partial charge in [0, 0.05) is 18.6 Å². The molecule has 0 radical (unpaired) electrons. The Bertz CT molecular complexity index is 430. The van der Waals surface area contributed by atoms with Crippen LogP contribution in [0.15, 0.2) is 17.3 Å². The average Bonchev–Trinajstić information content (AvgIpc) is 2.34. The third-order valence-electron chi connectivity index (χ3n) is 2.11. The summed E-state index contributed by atoms with van der Waals surface area (Å²) in [5.41, 5.74) is 0.622. The Morgan fingerprint density at radius 1 is 1.24 bits per heavy atom. The lowest BCUT2D eigenvalue weighted by Crippen LogP contribution is -2.00. The molecule has 0 bridgehead atoms. The molecule has 0 aliphatic carbocycles. The highest BCUT2D eigenvalue weighted by Gasteiger charge is 2.12. The van der Waals surface area contributed by atoms with Gasteiger partial charge >= 0.3 is 5.97 Å². The monoisotopic (exact) mass is 239 g/mol. The van der Waals surface area contributed by atoms with Crippen molar-refractivity contribution in [2.45, 2.75) is 13.5 Å². The van der Waals surface area contributed by atoms with Gasteiger partial charge in [-0.15, -0.1) is 4.91 Å². The molecular weight excluding hydrogens is 226 g/mol. The molecule has 6 nitrogen and oxygen atoms in total. The third-order valence-corrected chi connectivity index (χ3v) is 2.11. The number of ether oxygens (including phenoxy) is 3. The fraction of sp³-hybridized carbons (Fsp3) is 0.364. The molecular formula is C11H13NO5. The van der Waals surface area contributed by atoms with E-state index in [-0.39, 0.29) is 12.3 Å². The van der Waals surface area contributed by atoms with Gasteiger partial charge in [-0.1, -0.05) is 0 Å². The second kappa shape index (κ2) is 5.83. The molecule has 0 saturated carbocycles. The molecule has 0 spiro atoms. The summed E-state index contributed by atoms with van der Waals surface area (Å²) in [6.07, 6.45) is 0. The number of hydrogen-bond donors (Lipinski definition) is 0. The molecule has 1 aromatic rings. The zero-order chi connectivity index (χ0) is 12.8. The molecule has 0 aliphatic rings. The molecule has 0 unspecified atom stereocenters.